The molecule has 0 fully saturated rings. The van der Waals surface area contributed by atoms with Crippen molar-refractivity contribution in [2.75, 3.05) is 0 Å². The first-order valence-corrected chi connectivity index (χ1v) is 7.21. The number of hydrogen-bond donors (Lipinski definition) is 2. The van der Waals surface area contributed by atoms with Gasteiger partial charge in [0.15, 0.2) is 0 Å². The van der Waals surface area contributed by atoms with E-state index in [1.807, 2.05) is 25.1 Å². The predicted octanol–water partition coefficient (Wildman–Crippen LogP) is 2.48. The van der Waals surface area contributed by atoms with Gasteiger partial charge in [-0.25, -0.2) is 0 Å². The van der Waals surface area contributed by atoms with Gasteiger partial charge in [-0.2, -0.15) is 0 Å². The van der Waals surface area contributed by atoms with Crippen molar-refractivity contribution in [2.45, 2.75) is 51.0 Å². The molecule has 0 bridgehead atoms. The number of carbonyl (C=O) groups is 2. The molecule has 0 saturated carbocycles. The molecule has 108 valence electrons. The van der Waals surface area contributed by atoms with Crippen LogP contribution in [-0.4, -0.2) is 23.0 Å². The molecule has 2 N–H and O–H groups in total. The normalized spacial score (nSPS) is 18.9. The molecule has 0 heterocycles. The summed E-state index contributed by atoms with van der Waals surface area (Å²) >= 11 is 0. The summed E-state index contributed by atoms with van der Waals surface area (Å²) in [6.07, 6.45) is 3.48. The number of aliphatic carboxylic acids is 1. The number of amides is 1. The van der Waals surface area contributed by atoms with Crippen molar-refractivity contribution in [2.24, 2.45) is 0 Å². The van der Waals surface area contributed by atoms with E-state index in [1.165, 1.54) is 5.56 Å². The first-order chi connectivity index (χ1) is 9.61. The number of carboxylic acids is 1. The van der Waals surface area contributed by atoms with Crippen molar-refractivity contribution in [1.29, 1.82) is 0 Å². The summed E-state index contributed by atoms with van der Waals surface area (Å²) in [6, 6.07) is 7.76. The number of hydrogen-bond acceptors (Lipinski definition) is 2. The maximum absolute atomic E-state index is 12.4. The van der Waals surface area contributed by atoms with Crippen LogP contribution in [0.3, 0.4) is 0 Å². The Hall–Kier alpha value is -1.84. The van der Waals surface area contributed by atoms with Crippen LogP contribution in [0, 0.1) is 0 Å². The van der Waals surface area contributed by atoms with Gasteiger partial charge in [-0.1, -0.05) is 31.2 Å². The van der Waals surface area contributed by atoms with Gasteiger partial charge < -0.3 is 10.4 Å². The highest BCUT2D eigenvalue weighted by Crippen LogP contribution is 2.31. The van der Waals surface area contributed by atoms with Crippen LogP contribution in [-0.2, 0) is 16.0 Å². The Kier molecular flexibility index (Phi) is 4.77. The van der Waals surface area contributed by atoms with Crippen molar-refractivity contribution in [3.05, 3.63) is 35.4 Å². The van der Waals surface area contributed by atoms with Crippen LogP contribution in [0.5, 0.6) is 0 Å². The minimum atomic E-state index is -0.874. The number of fused-ring (bicyclic) bond motifs is 1. The second kappa shape index (κ2) is 6.55. The molecule has 0 aliphatic heterocycles. The molecule has 2 unspecified atom stereocenters. The number of rotatable bonds is 5. The minimum Gasteiger partial charge on any atom is -0.481 e. The van der Waals surface area contributed by atoms with Crippen LogP contribution in [0.1, 0.15) is 49.7 Å². The van der Waals surface area contributed by atoms with E-state index in [-0.39, 0.29) is 24.3 Å². The Labute approximate surface area is 119 Å². The van der Waals surface area contributed by atoms with Crippen molar-refractivity contribution >= 4 is 11.9 Å². The Bertz CT molecular complexity index is 498. The summed E-state index contributed by atoms with van der Waals surface area (Å²) in [5, 5.41) is 11.7. The van der Waals surface area contributed by atoms with Crippen LogP contribution in [0.4, 0.5) is 0 Å². The molecule has 0 aromatic heterocycles. The Morgan fingerprint density at radius 2 is 2.15 bits per heavy atom. The van der Waals surface area contributed by atoms with Gasteiger partial charge >= 0.3 is 5.97 Å². The fraction of sp³-hybridized carbons (Fsp3) is 0.500. The van der Waals surface area contributed by atoms with E-state index >= 15 is 0 Å². The quantitative estimate of drug-likeness (QED) is 0.867. The van der Waals surface area contributed by atoms with Gasteiger partial charge in [0, 0.05) is 6.04 Å². The van der Waals surface area contributed by atoms with E-state index in [4.69, 9.17) is 5.11 Å². The summed E-state index contributed by atoms with van der Waals surface area (Å²) in [5.74, 6) is -1.05. The van der Waals surface area contributed by atoms with Gasteiger partial charge in [0.2, 0.25) is 5.91 Å². The predicted molar refractivity (Wildman–Crippen MR) is 76.6 cm³/mol. The molecule has 4 nitrogen and oxygen atoms in total. The van der Waals surface area contributed by atoms with Crippen LogP contribution in [0.15, 0.2) is 24.3 Å². The Morgan fingerprint density at radius 3 is 2.85 bits per heavy atom. The zero-order valence-corrected chi connectivity index (χ0v) is 11.8. The highest BCUT2D eigenvalue weighted by Gasteiger charge is 2.27. The van der Waals surface area contributed by atoms with Gasteiger partial charge in [-0.3, -0.25) is 9.59 Å². The summed E-state index contributed by atoms with van der Waals surface area (Å²) < 4.78 is 0. The Balaban J connectivity index is 2.08. The molecule has 1 aliphatic rings. The smallest absolute Gasteiger partial charge is 0.305 e. The van der Waals surface area contributed by atoms with Gasteiger partial charge in [-0.15, -0.1) is 0 Å². The highest BCUT2D eigenvalue weighted by atomic mass is 16.4. The number of aryl methyl sites for hydroxylation is 1. The lowest BCUT2D eigenvalue weighted by atomic mass is 9.82. The second-order valence-electron chi connectivity index (χ2n) is 5.36. The monoisotopic (exact) mass is 275 g/mol. The first-order valence-electron chi connectivity index (χ1n) is 7.21. The average Bonchev–Trinajstić information content (AvgIpc) is 2.45. The summed E-state index contributed by atoms with van der Waals surface area (Å²) in [7, 11) is 0. The van der Waals surface area contributed by atoms with E-state index in [9.17, 15) is 9.59 Å². The Morgan fingerprint density at radius 1 is 1.40 bits per heavy atom. The zero-order valence-electron chi connectivity index (χ0n) is 11.8. The van der Waals surface area contributed by atoms with Crippen molar-refractivity contribution in [3.63, 3.8) is 0 Å². The molecule has 2 atom stereocenters. The van der Waals surface area contributed by atoms with Crippen LogP contribution >= 0.6 is 0 Å². The fourth-order valence-electron chi connectivity index (χ4n) is 2.84. The first kappa shape index (κ1) is 14.6. The molecule has 0 saturated heterocycles. The van der Waals surface area contributed by atoms with Crippen molar-refractivity contribution < 1.29 is 14.7 Å². The van der Waals surface area contributed by atoms with Crippen LogP contribution in [0.2, 0.25) is 0 Å². The average molecular weight is 275 g/mol. The molecular formula is C16H21NO3. The molecule has 4 heteroatoms. The molecule has 1 aliphatic carbocycles. The third kappa shape index (κ3) is 3.38. The van der Waals surface area contributed by atoms with Gasteiger partial charge in [0.1, 0.15) is 0 Å². The number of nitrogens with one attached hydrogen (secondary N) is 1. The maximum Gasteiger partial charge on any atom is 0.305 e. The number of carbonyl (C=O) groups excluding carboxylic acids is 1. The van der Waals surface area contributed by atoms with Crippen molar-refractivity contribution in [3.8, 4) is 0 Å². The molecule has 0 spiro atoms. The molecule has 1 aromatic carbocycles. The van der Waals surface area contributed by atoms with E-state index < -0.39 is 5.97 Å². The highest BCUT2D eigenvalue weighted by molar-refractivity contribution is 5.85. The lowest BCUT2D eigenvalue weighted by Crippen LogP contribution is -2.39. The SMILES string of the molecule is CCC(CC(=O)O)NC(=O)C1CCCc2ccccc21. The van der Waals surface area contributed by atoms with Crippen LogP contribution in [0.25, 0.3) is 0 Å². The molecule has 1 aromatic rings. The zero-order chi connectivity index (χ0) is 14.5. The molecule has 20 heavy (non-hydrogen) atoms. The lowest BCUT2D eigenvalue weighted by Gasteiger charge is -2.26. The van der Waals surface area contributed by atoms with Crippen molar-refractivity contribution in [1.82, 2.24) is 5.32 Å². The minimum absolute atomic E-state index is 0.0173. The second-order valence-corrected chi connectivity index (χ2v) is 5.36. The fourth-order valence-corrected chi connectivity index (χ4v) is 2.84. The third-order valence-corrected chi connectivity index (χ3v) is 3.95. The molecular weight excluding hydrogens is 254 g/mol. The summed E-state index contributed by atoms with van der Waals surface area (Å²) in [6.45, 7) is 1.89. The maximum atomic E-state index is 12.4. The number of benzene rings is 1. The number of carboxylic acid groups (broad SMARTS) is 1. The van der Waals surface area contributed by atoms with E-state index in [1.54, 1.807) is 0 Å². The third-order valence-electron chi connectivity index (χ3n) is 3.95. The van der Waals surface area contributed by atoms with Gasteiger partial charge in [-0.05, 0) is 36.8 Å². The largest absolute Gasteiger partial charge is 0.481 e. The standard InChI is InChI=1S/C16H21NO3/c1-2-12(10-15(18)19)17-16(20)14-9-5-7-11-6-3-4-8-13(11)14/h3-4,6,8,12,14H,2,5,7,9-10H2,1H3,(H,17,20)(H,18,19). The van der Waals surface area contributed by atoms with E-state index in [2.05, 4.69) is 11.4 Å². The summed E-state index contributed by atoms with van der Waals surface area (Å²) in [5.41, 5.74) is 2.34. The summed E-state index contributed by atoms with van der Waals surface area (Å²) in [4.78, 5) is 23.2. The molecule has 1 amide bonds. The lowest BCUT2D eigenvalue weighted by molar-refractivity contribution is -0.137. The topological polar surface area (TPSA) is 66.4 Å². The van der Waals surface area contributed by atoms with E-state index in [0.717, 1.165) is 24.8 Å². The van der Waals surface area contributed by atoms with Gasteiger partial charge in [0.25, 0.3) is 0 Å². The molecule has 2 rings (SSSR count). The van der Waals surface area contributed by atoms with Gasteiger partial charge in [0.05, 0.1) is 12.3 Å². The van der Waals surface area contributed by atoms with E-state index in [0.29, 0.717) is 6.42 Å². The molecule has 0 radical (unpaired) electrons. The van der Waals surface area contributed by atoms with Crippen LogP contribution < -0.4 is 5.32 Å².